The molecule has 0 aliphatic heterocycles. The van der Waals surface area contributed by atoms with E-state index in [4.69, 9.17) is 5.73 Å². The molecule has 7 heteroatoms. The van der Waals surface area contributed by atoms with Crippen LogP contribution < -0.4 is 5.73 Å². The van der Waals surface area contributed by atoms with Crippen molar-refractivity contribution < 1.29 is 18.0 Å². The Hall–Kier alpha value is -2.07. The van der Waals surface area contributed by atoms with Crippen LogP contribution in [0.3, 0.4) is 0 Å². The maximum atomic E-state index is 12.6. The van der Waals surface area contributed by atoms with Crippen LogP contribution in [-0.4, -0.2) is 41.1 Å². The second-order valence-corrected chi connectivity index (χ2v) is 4.75. The fraction of sp³-hybridized carbons (Fsp3) is 0.429. The van der Waals surface area contributed by atoms with E-state index >= 15 is 0 Å². The highest BCUT2D eigenvalue weighted by molar-refractivity contribution is 5.94. The SMILES string of the molecule is NCC#Cc1cncc(C(=O)N(CC(F)(F)F)C2CC2)c1. The van der Waals surface area contributed by atoms with Gasteiger partial charge in [-0.2, -0.15) is 13.2 Å². The number of halogens is 3. The summed E-state index contributed by atoms with van der Waals surface area (Å²) < 4.78 is 37.7. The van der Waals surface area contributed by atoms with Gasteiger partial charge >= 0.3 is 6.18 Å². The predicted octanol–water partition coefficient (Wildman–Crippen LogP) is 1.56. The number of pyridine rings is 1. The number of carbonyl (C=O) groups is 1. The van der Waals surface area contributed by atoms with Crippen molar-refractivity contribution in [1.82, 2.24) is 9.88 Å². The Morgan fingerprint density at radius 1 is 1.43 bits per heavy atom. The molecule has 0 unspecified atom stereocenters. The minimum absolute atomic E-state index is 0.106. The molecular formula is C14H14F3N3O. The Bertz CT molecular complexity index is 585. The quantitative estimate of drug-likeness (QED) is 0.861. The molecule has 1 aromatic heterocycles. The minimum Gasteiger partial charge on any atom is -0.327 e. The monoisotopic (exact) mass is 297 g/mol. The standard InChI is InChI=1S/C14H14F3N3O/c15-14(16,17)9-20(12-3-4-12)13(21)11-6-10(2-1-5-18)7-19-8-11/h6-8,12H,3-5,9,18H2. The fourth-order valence-electron chi connectivity index (χ4n) is 1.89. The summed E-state index contributed by atoms with van der Waals surface area (Å²) in [5, 5.41) is 0. The zero-order valence-corrected chi connectivity index (χ0v) is 11.2. The van der Waals surface area contributed by atoms with Crippen molar-refractivity contribution in [3.8, 4) is 11.8 Å². The van der Waals surface area contributed by atoms with Gasteiger partial charge in [0, 0.05) is 24.0 Å². The summed E-state index contributed by atoms with van der Waals surface area (Å²) in [5.41, 5.74) is 5.80. The molecule has 1 aliphatic carbocycles. The molecule has 1 fully saturated rings. The molecule has 21 heavy (non-hydrogen) atoms. The third-order valence-corrected chi connectivity index (χ3v) is 2.92. The first-order valence-electron chi connectivity index (χ1n) is 6.42. The summed E-state index contributed by atoms with van der Waals surface area (Å²) >= 11 is 0. The van der Waals surface area contributed by atoms with Crippen LogP contribution in [0.4, 0.5) is 13.2 Å². The average molecular weight is 297 g/mol. The van der Waals surface area contributed by atoms with Crippen molar-refractivity contribution in [1.29, 1.82) is 0 Å². The number of hydrogen-bond donors (Lipinski definition) is 1. The van der Waals surface area contributed by atoms with Gasteiger partial charge in [0.05, 0.1) is 12.1 Å². The molecule has 1 aliphatic rings. The summed E-state index contributed by atoms with van der Waals surface area (Å²) in [7, 11) is 0. The van der Waals surface area contributed by atoms with Crippen molar-refractivity contribution in [2.24, 2.45) is 5.73 Å². The average Bonchev–Trinajstić information content (AvgIpc) is 3.25. The summed E-state index contributed by atoms with van der Waals surface area (Å²) in [5.74, 6) is 4.64. The molecule has 2 N–H and O–H groups in total. The topological polar surface area (TPSA) is 59.2 Å². The van der Waals surface area contributed by atoms with Gasteiger partial charge in [0.15, 0.2) is 0 Å². The van der Waals surface area contributed by atoms with E-state index in [2.05, 4.69) is 16.8 Å². The molecular weight excluding hydrogens is 283 g/mol. The van der Waals surface area contributed by atoms with Crippen molar-refractivity contribution >= 4 is 5.91 Å². The Morgan fingerprint density at radius 2 is 2.14 bits per heavy atom. The van der Waals surface area contributed by atoms with Gasteiger partial charge in [-0.15, -0.1) is 0 Å². The smallest absolute Gasteiger partial charge is 0.327 e. The largest absolute Gasteiger partial charge is 0.406 e. The molecule has 0 radical (unpaired) electrons. The molecule has 1 aromatic rings. The Labute approximate surface area is 120 Å². The first-order chi connectivity index (χ1) is 9.90. The molecule has 1 saturated carbocycles. The first-order valence-corrected chi connectivity index (χ1v) is 6.42. The normalized spacial score (nSPS) is 14.3. The van der Waals surface area contributed by atoms with Crippen LogP contribution >= 0.6 is 0 Å². The van der Waals surface area contributed by atoms with Gasteiger partial charge in [0.1, 0.15) is 6.54 Å². The zero-order valence-electron chi connectivity index (χ0n) is 11.2. The lowest BCUT2D eigenvalue weighted by atomic mass is 10.2. The number of nitrogens with zero attached hydrogens (tertiary/aromatic N) is 2. The van der Waals surface area contributed by atoms with E-state index in [9.17, 15) is 18.0 Å². The van der Waals surface area contributed by atoms with E-state index in [0.717, 1.165) is 4.90 Å². The summed E-state index contributed by atoms with van der Waals surface area (Å²) in [4.78, 5) is 16.9. The van der Waals surface area contributed by atoms with E-state index in [0.29, 0.717) is 18.4 Å². The molecule has 2 rings (SSSR count). The lowest BCUT2D eigenvalue weighted by Crippen LogP contribution is -2.40. The predicted molar refractivity (Wildman–Crippen MR) is 70.3 cm³/mol. The van der Waals surface area contributed by atoms with Crippen LogP contribution in [0.1, 0.15) is 28.8 Å². The van der Waals surface area contributed by atoms with Crippen molar-refractivity contribution in [3.05, 3.63) is 29.6 Å². The lowest BCUT2D eigenvalue weighted by molar-refractivity contribution is -0.141. The number of nitrogens with two attached hydrogens (primary N) is 1. The van der Waals surface area contributed by atoms with Crippen molar-refractivity contribution in [2.75, 3.05) is 13.1 Å². The molecule has 1 amide bonds. The summed E-state index contributed by atoms with van der Waals surface area (Å²) in [6.07, 6.45) is -0.529. The van der Waals surface area contributed by atoms with E-state index in [1.165, 1.54) is 18.5 Å². The number of amides is 1. The van der Waals surface area contributed by atoms with Gasteiger partial charge in [0.25, 0.3) is 5.91 Å². The van der Waals surface area contributed by atoms with Gasteiger partial charge in [-0.25, -0.2) is 0 Å². The second-order valence-electron chi connectivity index (χ2n) is 4.75. The van der Waals surface area contributed by atoms with Crippen LogP contribution in [-0.2, 0) is 0 Å². The van der Waals surface area contributed by atoms with Gasteiger partial charge in [-0.1, -0.05) is 11.8 Å². The number of rotatable bonds is 3. The van der Waals surface area contributed by atoms with E-state index < -0.39 is 18.6 Å². The van der Waals surface area contributed by atoms with E-state index in [1.54, 1.807) is 0 Å². The van der Waals surface area contributed by atoms with Crippen LogP contribution in [0, 0.1) is 11.8 Å². The maximum absolute atomic E-state index is 12.6. The number of alkyl halides is 3. The highest BCUT2D eigenvalue weighted by Crippen LogP contribution is 2.31. The highest BCUT2D eigenvalue weighted by atomic mass is 19.4. The molecule has 1 heterocycles. The highest BCUT2D eigenvalue weighted by Gasteiger charge is 2.40. The second kappa shape index (κ2) is 6.14. The van der Waals surface area contributed by atoms with Crippen molar-refractivity contribution in [2.45, 2.75) is 25.1 Å². The number of hydrogen-bond acceptors (Lipinski definition) is 3. The number of carbonyl (C=O) groups excluding carboxylic acids is 1. The van der Waals surface area contributed by atoms with Gasteiger partial charge in [-0.3, -0.25) is 9.78 Å². The van der Waals surface area contributed by atoms with Gasteiger partial charge in [0.2, 0.25) is 0 Å². The molecule has 0 bridgehead atoms. The third kappa shape index (κ3) is 4.46. The molecule has 112 valence electrons. The first kappa shape index (κ1) is 15.3. The maximum Gasteiger partial charge on any atom is 0.406 e. The lowest BCUT2D eigenvalue weighted by Gasteiger charge is -2.23. The zero-order chi connectivity index (χ0) is 15.5. The Kier molecular flexibility index (Phi) is 4.48. The molecule has 0 aromatic carbocycles. The van der Waals surface area contributed by atoms with Crippen molar-refractivity contribution in [3.63, 3.8) is 0 Å². The third-order valence-electron chi connectivity index (χ3n) is 2.92. The molecule has 0 saturated heterocycles. The molecule has 0 spiro atoms. The van der Waals surface area contributed by atoms with Crippen LogP contribution in [0.5, 0.6) is 0 Å². The molecule has 0 atom stereocenters. The van der Waals surface area contributed by atoms with Crippen LogP contribution in [0.15, 0.2) is 18.5 Å². The van der Waals surface area contributed by atoms with Crippen LogP contribution in [0.2, 0.25) is 0 Å². The van der Waals surface area contributed by atoms with E-state index in [1.807, 2.05) is 0 Å². The summed E-state index contributed by atoms with van der Waals surface area (Å²) in [6, 6.07) is 1.10. The molecule has 4 nitrogen and oxygen atoms in total. The Morgan fingerprint density at radius 3 is 2.71 bits per heavy atom. The summed E-state index contributed by atoms with van der Waals surface area (Å²) in [6.45, 7) is -1.09. The van der Waals surface area contributed by atoms with Crippen LogP contribution in [0.25, 0.3) is 0 Å². The number of aromatic nitrogens is 1. The fourth-order valence-corrected chi connectivity index (χ4v) is 1.89. The van der Waals surface area contributed by atoms with E-state index in [-0.39, 0.29) is 18.2 Å². The Balaban J connectivity index is 2.20. The van der Waals surface area contributed by atoms with Gasteiger partial charge < -0.3 is 10.6 Å². The van der Waals surface area contributed by atoms with Gasteiger partial charge in [-0.05, 0) is 18.9 Å². The minimum atomic E-state index is -4.41.